The molecule has 4 heteroatoms. The lowest BCUT2D eigenvalue weighted by Gasteiger charge is -2.31. The number of likely N-dealkylation sites (tertiary alicyclic amines) is 1. The van der Waals surface area contributed by atoms with E-state index in [4.69, 9.17) is 4.74 Å². The standard InChI is InChI=1S/C25H39NO3/c1-3-5-6-7-8-9-10-11-20-29-25(28)23-16-18-26(19-17-23)24(27)22-14-12-21(4-2)13-15-22/h12-15,23H,3-11,16-20H2,1-2H3. The monoisotopic (exact) mass is 401 g/mol. The largest absolute Gasteiger partial charge is 0.465 e. The molecular formula is C25H39NO3. The summed E-state index contributed by atoms with van der Waals surface area (Å²) < 4.78 is 5.49. The van der Waals surface area contributed by atoms with Gasteiger partial charge in [0.15, 0.2) is 0 Å². The van der Waals surface area contributed by atoms with Crippen LogP contribution in [0.4, 0.5) is 0 Å². The zero-order valence-corrected chi connectivity index (χ0v) is 18.5. The van der Waals surface area contributed by atoms with Gasteiger partial charge >= 0.3 is 5.97 Å². The summed E-state index contributed by atoms with van der Waals surface area (Å²) in [5.41, 5.74) is 1.97. The number of aryl methyl sites for hydroxylation is 1. The molecule has 4 nitrogen and oxygen atoms in total. The quantitative estimate of drug-likeness (QED) is 0.329. The molecule has 1 fully saturated rings. The number of esters is 1. The van der Waals surface area contributed by atoms with Gasteiger partial charge < -0.3 is 9.64 Å². The minimum Gasteiger partial charge on any atom is -0.465 e. The van der Waals surface area contributed by atoms with Gasteiger partial charge in [0.05, 0.1) is 12.5 Å². The molecule has 1 aliphatic rings. The summed E-state index contributed by atoms with van der Waals surface area (Å²) in [5.74, 6) is -0.0682. The van der Waals surface area contributed by atoms with E-state index >= 15 is 0 Å². The fourth-order valence-electron chi connectivity index (χ4n) is 3.91. The molecule has 0 N–H and O–H groups in total. The Kier molecular flexibility index (Phi) is 10.8. The van der Waals surface area contributed by atoms with E-state index in [0.29, 0.717) is 32.5 Å². The molecule has 0 bridgehead atoms. The third-order valence-corrected chi connectivity index (χ3v) is 5.97. The van der Waals surface area contributed by atoms with Gasteiger partial charge in [0, 0.05) is 18.7 Å². The van der Waals surface area contributed by atoms with Crippen LogP contribution in [0.3, 0.4) is 0 Å². The van der Waals surface area contributed by atoms with Crippen LogP contribution in [0.15, 0.2) is 24.3 Å². The summed E-state index contributed by atoms with van der Waals surface area (Å²) in [5, 5.41) is 0. The predicted molar refractivity (Wildman–Crippen MR) is 118 cm³/mol. The summed E-state index contributed by atoms with van der Waals surface area (Å²) in [4.78, 5) is 26.8. The molecule has 0 saturated carbocycles. The van der Waals surface area contributed by atoms with E-state index in [9.17, 15) is 9.59 Å². The number of benzene rings is 1. The van der Waals surface area contributed by atoms with E-state index in [1.54, 1.807) is 0 Å². The van der Waals surface area contributed by atoms with Crippen LogP contribution in [0.1, 0.15) is 94.0 Å². The maximum absolute atomic E-state index is 12.6. The highest BCUT2D eigenvalue weighted by molar-refractivity contribution is 5.94. The van der Waals surface area contributed by atoms with Crippen molar-refractivity contribution in [2.75, 3.05) is 19.7 Å². The van der Waals surface area contributed by atoms with Crippen LogP contribution in [0.5, 0.6) is 0 Å². The van der Waals surface area contributed by atoms with Crippen molar-refractivity contribution >= 4 is 11.9 Å². The Bertz CT molecular complexity index is 603. The van der Waals surface area contributed by atoms with Crippen LogP contribution < -0.4 is 0 Å². The number of hydrogen-bond acceptors (Lipinski definition) is 3. The van der Waals surface area contributed by atoms with Crippen molar-refractivity contribution in [3.63, 3.8) is 0 Å². The molecule has 162 valence electrons. The fraction of sp³-hybridized carbons (Fsp3) is 0.680. The molecule has 0 spiro atoms. The summed E-state index contributed by atoms with van der Waals surface area (Å²) >= 11 is 0. The fourth-order valence-corrected chi connectivity index (χ4v) is 3.91. The number of piperidine rings is 1. The van der Waals surface area contributed by atoms with Crippen LogP contribution >= 0.6 is 0 Å². The molecule has 1 amide bonds. The highest BCUT2D eigenvalue weighted by atomic mass is 16.5. The van der Waals surface area contributed by atoms with Gasteiger partial charge in [0.2, 0.25) is 0 Å². The lowest BCUT2D eigenvalue weighted by Crippen LogP contribution is -2.40. The minimum absolute atomic E-state index is 0.0597. The van der Waals surface area contributed by atoms with Crippen molar-refractivity contribution in [3.8, 4) is 0 Å². The first kappa shape index (κ1) is 23.4. The Morgan fingerprint density at radius 2 is 1.48 bits per heavy atom. The molecule has 0 unspecified atom stereocenters. The van der Waals surface area contributed by atoms with E-state index in [0.717, 1.165) is 24.8 Å². The highest BCUT2D eigenvalue weighted by Crippen LogP contribution is 2.21. The van der Waals surface area contributed by atoms with Gasteiger partial charge in [-0.15, -0.1) is 0 Å². The average Bonchev–Trinajstić information content (AvgIpc) is 2.77. The van der Waals surface area contributed by atoms with Gasteiger partial charge in [-0.3, -0.25) is 9.59 Å². The topological polar surface area (TPSA) is 46.6 Å². The van der Waals surface area contributed by atoms with E-state index in [-0.39, 0.29) is 17.8 Å². The number of rotatable bonds is 12. The van der Waals surface area contributed by atoms with Gasteiger partial charge in [0.1, 0.15) is 0 Å². The molecule has 1 heterocycles. The van der Waals surface area contributed by atoms with Gasteiger partial charge in [-0.2, -0.15) is 0 Å². The molecular weight excluding hydrogens is 362 g/mol. The number of carbonyl (C=O) groups is 2. The first-order valence-corrected chi connectivity index (χ1v) is 11.7. The molecule has 1 aromatic carbocycles. The maximum Gasteiger partial charge on any atom is 0.309 e. The number of ether oxygens (including phenoxy) is 1. The van der Waals surface area contributed by atoms with E-state index in [2.05, 4.69) is 13.8 Å². The van der Waals surface area contributed by atoms with Crippen LogP contribution in [0, 0.1) is 5.92 Å². The van der Waals surface area contributed by atoms with E-state index in [1.165, 1.54) is 44.1 Å². The zero-order valence-electron chi connectivity index (χ0n) is 18.5. The highest BCUT2D eigenvalue weighted by Gasteiger charge is 2.28. The van der Waals surface area contributed by atoms with Crippen LogP contribution in [-0.4, -0.2) is 36.5 Å². The Hall–Kier alpha value is -1.84. The third-order valence-electron chi connectivity index (χ3n) is 5.97. The van der Waals surface area contributed by atoms with Gasteiger partial charge in [-0.1, -0.05) is 70.9 Å². The molecule has 1 aromatic rings. The van der Waals surface area contributed by atoms with E-state index in [1.807, 2.05) is 29.2 Å². The lowest BCUT2D eigenvalue weighted by molar-refractivity contribution is -0.150. The Balaban J connectivity index is 1.59. The van der Waals surface area contributed by atoms with Crippen LogP contribution in [-0.2, 0) is 16.0 Å². The Labute approximate surface area is 177 Å². The smallest absolute Gasteiger partial charge is 0.309 e. The Morgan fingerprint density at radius 1 is 0.897 bits per heavy atom. The first-order chi connectivity index (χ1) is 14.2. The number of unbranched alkanes of at least 4 members (excludes halogenated alkanes) is 7. The summed E-state index contributed by atoms with van der Waals surface area (Å²) in [7, 11) is 0. The predicted octanol–water partition coefficient (Wildman–Crippen LogP) is 5.79. The number of carbonyl (C=O) groups excluding carboxylic acids is 2. The number of amides is 1. The number of hydrogen-bond donors (Lipinski definition) is 0. The molecule has 0 atom stereocenters. The normalized spacial score (nSPS) is 14.8. The molecule has 0 aromatic heterocycles. The number of nitrogens with zero attached hydrogens (tertiary/aromatic N) is 1. The maximum atomic E-state index is 12.6. The summed E-state index contributed by atoms with van der Waals surface area (Å²) in [6.07, 6.45) is 12.3. The second-order valence-electron chi connectivity index (χ2n) is 8.26. The average molecular weight is 402 g/mol. The van der Waals surface area contributed by atoms with Gasteiger partial charge in [-0.05, 0) is 43.4 Å². The van der Waals surface area contributed by atoms with Crippen molar-refractivity contribution in [2.24, 2.45) is 5.92 Å². The molecule has 1 aliphatic heterocycles. The zero-order chi connectivity index (χ0) is 20.9. The van der Waals surface area contributed by atoms with Crippen molar-refractivity contribution in [1.82, 2.24) is 4.90 Å². The lowest BCUT2D eigenvalue weighted by atomic mass is 9.96. The molecule has 1 saturated heterocycles. The summed E-state index contributed by atoms with van der Waals surface area (Å²) in [6, 6.07) is 7.85. The van der Waals surface area contributed by atoms with Gasteiger partial charge in [0.25, 0.3) is 5.91 Å². The van der Waals surface area contributed by atoms with Crippen molar-refractivity contribution in [2.45, 2.75) is 84.5 Å². The first-order valence-electron chi connectivity index (χ1n) is 11.7. The second-order valence-corrected chi connectivity index (χ2v) is 8.26. The second kappa shape index (κ2) is 13.4. The molecule has 29 heavy (non-hydrogen) atoms. The van der Waals surface area contributed by atoms with Crippen molar-refractivity contribution in [3.05, 3.63) is 35.4 Å². The summed E-state index contributed by atoms with van der Waals surface area (Å²) in [6.45, 7) is 6.14. The Morgan fingerprint density at radius 3 is 2.07 bits per heavy atom. The SMILES string of the molecule is CCCCCCCCCCOC(=O)C1CCN(C(=O)c2ccc(CC)cc2)CC1. The van der Waals surface area contributed by atoms with Crippen LogP contribution in [0.2, 0.25) is 0 Å². The molecule has 0 radical (unpaired) electrons. The van der Waals surface area contributed by atoms with E-state index < -0.39 is 0 Å². The minimum atomic E-state index is -0.0765. The molecule has 0 aliphatic carbocycles. The van der Waals surface area contributed by atoms with Gasteiger partial charge in [-0.25, -0.2) is 0 Å². The molecule has 2 rings (SSSR count). The van der Waals surface area contributed by atoms with Crippen molar-refractivity contribution in [1.29, 1.82) is 0 Å². The third kappa shape index (κ3) is 8.20. The van der Waals surface area contributed by atoms with Crippen LogP contribution in [0.25, 0.3) is 0 Å². The van der Waals surface area contributed by atoms with Crippen molar-refractivity contribution < 1.29 is 14.3 Å².